The maximum absolute atomic E-state index is 12.1. The molecule has 2 unspecified atom stereocenters. The second kappa shape index (κ2) is 6.13. The van der Waals surface area contributed by atoms with Crippen LogP contribution in [0.3, 0.4) is 0 Å². The molecule has 0 spiro atoms. The van der Waals surface area contributed by atoms with Gasteiger partial charge in [-0.05, 0) is 31.6 Å². The van der Waals surface area contributed by atoms with Crippen molar-refractivity contribution in [1.82, 2.24) is 15.7 Å². The summed E-state index contributed by atoms with van der Waals surface area (Å²) >= 11 is 0. The lowest BCUT2D eigenvalue weighted by Gasteiger charge is -2.12. The van der Waals surface area contributed by atoms with Crippen molar-refractivity contribution >= 4 is 24.3 Å². The molecule has 0 radical (unpaired) electrons. The summed E-state index contributed by atoms with van der Waals surface area (Å²) in [5.74, 6) is -0.141. The molecule has 1 fully saturated rings. The Bertz CT molecular complexity index is 787. The predicted octanol–water partition coefficient (Wildman–Crippen LogP) is -0.211. The number of nitrogens with one attached hydrogen (secondary N) is 2. The van der Waals surface area contributed by atoms with Crippen molar-refractivity contribution < 1.29 is 19.5 Å². The first-order valence-corrected chi connectivity index (χ1v) is 7.28. The first kappa shape index (κ1) is 15.1. The quantitative estimate of drug-likeness (QED) is 0.657. The minimum Gasteiger partial charge on any atom is -0.410 e. The number of carbonyl (C=O) groups is 2. The van der Waals surface area contributed by atoms with Crippen LogP contribution in [0.4, 0.5) is 4.79 Å². The third-order valence-corrected chi connectivity index (χ3v) is 3.81. The van der Waals surface area contributed by atoms with Gasteiger partial charge >= 0.3 is 6.09 Å². The second-order valence-corrected chi connectivity index (χ2v) is 5.45. The summed E-state index contributed by atoms with van der Waals surface area (Å²) in [6.45, 7) is 1.70. The Kier molecular flexibility index (Phi) is 4.03. The number of rotatable bonds is 2. The molecule has 1 aromatic rings. The molecule has 2 amide bonds. The van der Waals surface area contributed by atoms with E-state index in [1.165, 1.54) is 0 Å². The van der Waals surface area contributed by atoms with Crippen LogP contribution in [0.1, 0.15) is 13.3 Å². The number of amides is 2. The van der Waals surface area contributed by atoms with Crippen LogP contribution in [0.2, 0.25) is 0 Å². The van der Waals surface area contributed by atoms with Crippen molar-refractivity contribution in [2.45, 2.75) is 25.4 Å². The van der Waals surface area contributed by atoms with E-state index in [0.29, 0.717) is 17.2 Å². The average Bonchev–Trinajstić information content (AvgIpc) is 2.74. The Morgan fingerprint density at radius 3 is 3.04 bits per heavy atom. The van der Waals surface area contributed by atoms with Crippen LogP contribution in [0.15, 0.2) is 30.5 Å². The largest absolute Gasteiger partial charge is 0.413 e. The molecule has 1 aromatic carbocycles. The minimum atomic E-state index is -0.776. The molecule has 0 aliphatic carbocycles. The molecule has 2 heterocycles. The van der Waals surface area contributed by atoms with E-state index in [4.69, 9.17) is 4.74 Å². The van der Waals surface area contributed by atoms with Crippen molar-refractivity contribution in [2.75, 3.05) is 0 Å². The summed E-state index contributed by atoms with van der Waals surface area (Å²) in [4.78, 5) is 23.8. The van der Waals surface area contributed by atoms with Crippen LogP contribution in [-0.4, -0.2) is 34.4 Å². The first-order valence-electron chi connectivity index (χ1n) is 7.28. The highest BCUT2D eigenvalue weighted by atomic mass is 16.6. The molecule has 2 atom stereocenters. The van der Waals surface area contributed by atoms with E-state index in [-0.39, 0.29) is 6.04 Å². The lowest BCUT2D eigenvalue weighted by Crippen LogP contribution is -2.43. The van der Waals surface area contributed by atoms with Crippen LogP contribution < -0.4 is 25.8 Å². The van der Waals surface area contributed by atoms with Crippen LogP contribution in [0.25, 0.3) is 12.3 Å². The van der Waals surface area contributed by atoms with Gasteiger partial charge in [0, 0.05) is 22.8 Å². The monoisotopic (exact) mass is 315 g/mol. The molecule has 0 saturated carbocycles. The van der Waals surface area contributed by atoms with Gasteiger partial charge < -0.3 is 15.4 Å². The lowest BCUT2D eigenvalue weighted by atomic mass is 10.2. The highest BCUT2D eigenvalue weighted by molar-refractivity contribution is 5.87. The van der Waals surface area contributed by atoms with Crippen molar-refractivity contribution in [3.63, 3.8) is 0 Å². The van der Waals surface area contributed by atoms with E-state index in [2.05, 4.69) is 10.6 Å². The van der Waals surface area contributed by atoms with Crippen molar-refractivity contribution in [1.29, 1.82) is 0 Å². The van der Waals surface area contributed by atoms with Gasteiger partial charge in [0.2, 0.25) is 0 Å². The van der Waals surface area contributed by atoms with E-state index >= 15 is 0 Å². The zero-order valence-electron chi connectivity index (χ0n) is 12.5. The van der Waals surface area contributed by atoms with Crippen LogP contribution in [0, 0.1) is 0 Å². The zero-order chi connectivity index (χ0) is 16.4. The third-order valence-electron chi connectivity index (χ3n) is 3.81. The van der Waals surface area contributed by atoms with Gasteiger partial charge in [-0.2, -0.15) is 0 Å². The Morgan fingerprint density at radius 1 is 1.48 bits per heavy atom. The van der Waals surface area contributed by atoms with Crippen molar-refractivity contribution in [3.05, 3.63) is 40.9 Å². The molecule has 120 valence electrons. The van der Waals surface area contributed by atoms with Gasteiger partial charge in [0.15, 0.2) is 0 Å². The number of fused-ring (bicyclic) bond motifs is 1. The normalized spacial score (nSPS) is 22.3. The summed E-state index contributed by atoms with van der Waals surface area (Å²) in [6.07, 6.45) is 6.80. The number of allylic oxidation sites excluding steroid dienone is 1. The summed E-state index contributed by atoms with van der Waals surface area (Å²) in [7, 11) is 0. The van der Waals surface area contributed by atoms with E-state index in [1.54, 1.807) is 37.5 Å². The molecule has 3 N–H and O–H groups in total. The second-order valence-electron chi connectivity index (χ2n) is 5.45. The van der Waals surface area contributed by atoms with Gasteiger partial charge in [-0.15, -0.1) is 0 Å². The standard InChI is InChI=1S/C16H17N3O4/c1-10-8-13(15(20)19(10)22)18-16(21)23-14-6-2-4-11-9-17-7-3-5-12(11)14/h2-7,9-10,13,17,22H,8H2,1H3,(H,18,21). The number of nitrogens with zero attached hydrogens (tertiary/aromatic N) is 1. The number of ether oxygens (including phenoxy) is 1. The molecular weight excluding hydrogens is 298 g/mol. The molecule has 0 bridgehead atoms. The van der Waals surface area contributed by atoms with Crippen molar-refractivity contribution in [3.8, 4) is 5.75 Å². The molecule has 1 saturated heterocycles. The molecule has 7 nitrogen and oxygen atoms in total. The van der Waals surface area contributed by atoms with Crippen LogP contribution in [-0.2, 0) is 4.79 Å². The van der Waals surface area contributed by atoms with Gasteiger partial charge in [-0.3, -0.25) is 10.0 Å². The SMILES string of the molecule is CC1CC(NC(=O)Oc2cccc3c2=CC=CNC=3)C(=O)N1O. The number of benzene rings is 1. The van der Waals surface area contributed by atoms with Gasteiger partial charge in [-0.1, -0.05) is 12.1 Å². The fourth-order valence-electron chi connectivity index (χ4n) is 2.60. The predicted molar refractivity (Wildman–Crippen MR) is 82.6 cm³/mol. The van der Waals surface area contributed by atoms with Gasteiger partial charge in [0.05, 0.1) is 6.04 Å². The average molecular weight is 315 g/mol. The molecule has 3 rings (SSSR count). The summed E-state index contributed by atoms with van der Waals surface area (Å²) in [5.41, 5.74) is 0. The van der Waals surface area contributed by atoms with E-state index in [1.807, 2.05) is 12.1 Å². The Morgan fingerprint density at radius 2 is 2.30 bits per heavy atom. The zero-order valence-corrected chi connectivity index (χ0v) is 12.5. The molecular formula is C16H17N3O4. The number of carbonyl (C=O) groups excluding carboxylic acids is 2. The maximum Gasteiger partial charge on any atom is 0.413 e. The highest BCUT2D eigenvalue weighted by Gasteiger charge is 2.37. The van der Waals surface area contributed by atoms with Crippen molar-refractivity contribution in [2.24, 2.45) is 0 Å². The highest BCUT2D eigenvalue weighted by Crippen LogP contribution is 2.16. The van der Waals surface area contributed by atoms with Gasteiger partial charge in [0.25, 0.3) is 5.91 Å². The fourth-order valence-corrected chi connectivity index (χ4v) is 2.60. The molecule has 7 heteroatoms. The summed E-state index contributed by atoms with van der Waals surface area (Å²) < 4.78 is 5.33. The van der Waals surface area contributed by atoms with Gasteiger partial charge in [0.1, 0.15) is 11.8 Å². The maximum atomic E-state index is 12.1. The van der Waals surface area contributed by atoms with Gasteiger partial charge in [-0.25, -0.2) is 9.86 Å². The number of hydrogen-bond donors (Lipinski definition) is 3. The van der Waals surface area contributed by atoms with E-state index in [9.17, 15) is 14.8 Å². The van der Waals surface area contributed by atoms with Crippen LogP contribution >= 0.6 is 0 Å². The first-order chi connectivity index (χ1) is 11.1. The molecule has 2 aliphatic rings. The van der Waals surface area contributed by atoms with Crippen LogP contribution in [0.5, 0.6) is 5.75 Å². The smallest absolute Gasteiger partial charge is 0.410 e. The van der Waals surface area contributed by atoms with E-state index < -0.39 is 18.0 Å². The molecule has 0 aromatic heterocycles. The fraction of sp³-hybridized carbons (Fsp3) is 0.250. The summed E-state index contributed by atoms with van der Waals surface area (Å²) in [5, 5.41) is 17.3. The summed E-state index contributed by atoms with van der Waals surface area (Å²) in [6, 6.07) is 4.24. The number of hydrogen-bond acceptors (Lipinski definition) is 5. The lowest BCUT2D eigenvalue weighted by molar-refractivity contribution is -0.164. The minimum absolute atomic E-state index is 0.333. The Labute approximate surface area is 132 Å². The molecule has 2 aliphatic heterocycles. The third kappa shape index (κ3) is 3.04. The topological polar surface area (TPSA) is 90.9 Å². The van der Waals surface area contributed by atoms with E-state index in [0.717, 1.165) is 10.4 Å². The number of hydroxylamine groups is 2. The Balaban J connectivity index is 1.76. The Hall–Kier alpha value is -2.80. The molecule has 23 heavy (non-hydrogen) atoms.